The largest absolute Gasteiger partial charge is 0.456 e. The third kappa shape index (κ3) is 6.05. The summed E-state index contributed by atoms with van der Waals surface area (Å²) in [6, 6.07) is 25.3. The number of rotatable bonds is 8. The van der Waals surface area contributed by atoms with Gasteiger partial charge in [0.05, 0.1) is 6.54 Å². The maximum absolute atomic E-state index is 12.9. The van der Waals surface area contributed by atoms with Crippen molar-refractivity contribution >= 4 is 46.6 Å². The second-order valence-electron chi connectivity index (χ2n) is 8.72. The summed E-state index contributed by atoms with van der Waals surface area (Å²) in [6.07, 6.45) is 0. The Morgan fingerprint density at radius 3 is 2.51 bits per heavy atom. The van der Waals surface area contributed by atoms with E-state index < -0.39 is 0 Å². The number of carbonyl (C=O) groups excluding carboxylic acids is 1. The number of furan rings is 1. The first kappa shape index (κ1) is 26.5. The lowest BCUT2D eigenvalue weighted by molar-refractivity contribution is 0.102. The Balaban J connectivity index is 0.00000320. The molecule has 1 amide bonds. The summed E-state index contributed by atoms with van der Waals surface area (Å²) in [4.78, 5) is 12.9. The van der Waals surface area contributed by atoms with Crippen LogP contribution in [0.25, 0.3) is 22.3 Å². The van der Waals surface area contributed by atoms with Crippen LogP contribution in [0.15, 0.2) is 83.3 Å². The number of halogens is 2. The average Bonchev–Trinajstić information content (AvgIpc) is 3.48. The van der Waals surface area contributed by atoms with Gasteiger partial charge in [-0.1, -0.05) is 61.0 Å². The third-order valence-corrected chi connectivity index (χ3v) is 6.26. The number of aromatic nitrogens is 2. The van der Waals surface area contributed by atoms with Crippen LogP contribution in [0, 0.1) is 6.92 Å². The Hall–Kier alpha value is -3.58. The highest BCUT2D eigenvalue weighted by molar-refractivity contribution is 6.31. The molecule has 0 saturated carbocycles. The minimum atomic E-state index is -0.253. The molecule has 5 rings (SSSR count). The molecule has 2 aromatic heterocycles. The van der Waals surface area contributed by atoms with E-state index in [9.17, 15) is 4.79 Å². The van der Waals surface area contributed by atoms with Gasteiger partial charge < -0.3 is 15.1 Å². The van der Waals surface area contributed by atoms with E-state index in [2.05, 4.69) is 22.7 Å². The van der Waals surface area contributed by atoms with E-state index in [1.54, 1.807) is 10.7 Å². The van der Waals surface area contributed by atoms with E-state index in [1.165, 1.54) is 0 Å². The summed E-state index contributed by atoms with van der Waals surface area (Å²) in [5.74, 6) is 0.528. The van der Waals surface area contributed by atoms with Gasteiger partial charge in [0.1, 0.15) is 11.3 Å². The molecule has 0 unspecified atom stereocenters. The van der Waals surface area contributed by atoms with Crippen LogP contribution in [0.4, 0.5) is 5.69 Å². The fourth-order valence-corrected chi connectivity index (χ4v) is 4.41. The predicted molar refractivity (Wildman–Crippen MR) is 152 cm³/mol. The van der Waals surface area contributed by atoms with Crippen LogP contribution in [0.2, 0.25) is 5.02 Å². The first-order chi connectivity index (χ1) is 17.5. The molecule has 5 aromatic rings. The zero-order chi connectivity index (χ0) is 25.1. The molecular weight excluding hydrogens is 507 g/mol. The van der Waals surface area contributed by atoms with E-state index in [0.29, 0.717) is 17.3 Å². The van der Waals surface area contributed by atoms with Crippen LogP contribution >= 0.6 is 24.0 Å². The quantitative estimate of drug-likeness (QED) is 0.223. The van der Waals surface area contributed by atoms with Crippen molar-refractivity contribution in [3.05, 3.63) is 106 Å². The molecule has 37 heavy (non-hydrogen) atoms. The van der Waals surface area contributed by atoms with Gasteiger partial charge in [0.15, 0.2) is 5.69 Å². The number of aryl methyl sites for hydroxylation is 1. The van der Waals surface area contributed by atoms with Crippen molar-refractivity contribution in [2.45, 2.75) is 26.9 Å². The van der Waals surface area contributed by atoms with Gasteiger partial charge in [-0.15, -0.1) is 12.4 Å². The zero-order valence-electron chi connectivity index (χ0n) is 20.6. The second kappa shape index (κ2) is 11.6. The van der Waals surface area contributed by atoms with Gasteiger partial charge in [-0.3, -0.25) is 9.48 Å². The highest BCUT2D eigenvalue weighted by Crippen LogP contribution is 2.32. The van der Waals surface area contributed by atoms with E-state index in [1.807, 2.05) is 79.7 Å². The summed E-state index contributed by atoms with van der Waals surface area (Å²) in [6.45, 7) is 6.14. The first-order valence-electron chi connectivity index (χ1n) is 11.9. The molecule has 0 spiro atoms. The van der Waals surface area contributed by atoms with Gasteiger partial charge in [0.25, 0.3) is 5.91 Å². The lowest BCUT2D eigenvalue weighted by Crippen LogP contribution is -2.14. The molecule has 6 nitrogen and oxygen atoms in total. The van der Waals surface area contributed by atoms with Gasteiger partial charge in [-0.05, 0) is 55.4 Å². The van der Waals surface area contributed by atoms with Crippen LogP contribution in [-0.4, -0.2) is 22.2 Å². The lowest BCUT2D eigenvalue weighted by atomic mass is 10.1. The van der Waals surface area contributed by atoms with Crippen molar-refractivity contribution in [2.75, 3.05) is 11.9 Å². The van der Waals surface area contributed by atoms with E-state index in [0.717, 1.165) is 57.9 Å². The van der Waals surface area contributed by atoms with Crippen LogP contribution in [-0.2, 0) is 13.1 Å². The maximum Gasteiger partial charge on any atom is 0.276 e. The summed E-state index contributed by atoms with van der Waals surface area (Å²) < 4.78 is 8.03. The van der Waals surface area contributed by atoms with Gasteiger partial charge in [-0.25, -0.2) is 0 Å². The minimum absolute atomic E-state index is 0. The standard InChI is InChI=1S/C29H27ClN4O2.ClH/c1-3-31-17-20-9-11-25(12-10-20)32-29(35)26-13-19(2)34(33-26)18-23-15-24(30)14-22-16-27(36-28(22)23)21-7-5-4-6-8-21;/h4-16,31H,3,17-18H2,1-2H3,(H,32,35);1H. The minimum Gasteiger partial charge on any atom is -0.456 e. The summed E-state index contributed by atoms with van der Waals surface area (Å²) in [7, 11) is 0. The Morgan fingerprint density at radius 2 is 1.78 bits per heavy atom. The number of anilines is 1. The number of benzene rings is 3. The lowest BCUT2D eigenvalue weighted by Gasteiger charge is -2.07. The van der Waals surface area contributed by atoms with Crippen molar-refractivity contribution in [3.8, 4) is 11.3 Å². The molecule has 0 radical (unpaired) electrons. The highest BCUT2D eigenvalue weighted by Gasteiger charge is 2.16. The number of hydrogen-bond donors (Lipinski definition) is 2. The monoisotopic (exact) mass is 534 g/mol. The molecule has 2 N–H and O–H groups in total. The van der Waals surface area contributed by atoms with Gasteiger partial charge in [0, 0.05) is 39.5 Å². The molecule has 0 aliphatic heterocycles. The van der Waals surface area contributed by atoms with Crippen molar-refractivity contribution in [1.82, 2.24) is 15.1 Å². The highest BCUT2D eigenvalue weighted by atomic mass is 35.5. The number of nitrogens with one attached hydrogen (secondary N) is 2. The van der Waals surface area contributed by atoms with Crippen molar-refractivity contribution < 1.29 is 9.21 Å². The zero-order valence-corrected chi connectivity index (χ0v) is 22.2. The SMILES string of the molecule is CCNCc1ccc(NC(=O)c2cc(C)n(Cc3cc(Cl)cc4cc(-c5ccccc5)oc34)n2)cc1.Cl. The van der Waals surface area contributed by atoms with Crippen molar-refractivity contribution in [1.29, 1.82) is 0 Å². The summed E-state index contributed by atoms with van der Waals surface area (Å²) in [5.41, 5.74) is 5.77. The van der Waals surface area contributed by atoms with E-state index >= 15 is 0 Å². The Morgan fingerprint density at radius 1 is 1.03 bits per heavy atom. The third-order valence-electron chi connectivity index (χ3n) is 6.04. The predicted octanol–water partition coefficient (Wildman–Crippen LogP) is 7.09. The molecule has 0 fully saturated rings. The van der Waals surface area contributed by atoms with Gasteiger partial charge >= 0.3 is 0 Å². The summed E-state index contributed by atoms with van der Waals surface area (Å²) >= 11 is 6.43. The molecule has 190 valence electrons. The molecule has 0 bridgehead atoms. The molecule has 2 heterocycles. The fraction of sp³-hybridized carbons (Fsp3) is 0.172. The van der Waals surface area contributed by atoms with E-state index in [4.69, 9.17) is 16.0 Å². The van der Waals surface area contributed by atoms with Crippen LogP contribution in [0.5, 0.6) is 0 Å². The van der Waals surface area contributed by atoms with Crippen molar-refractivity contribution in [2.24, 2.45) is 0 Å². The normalized spacial score (nSPS) is 10.9. The second-order valence-corrected chi connectivity index (χ2v) is 9.16. The molecular formula is C29H28Cl2N4O2. The average molecular weight is 535 g/mol. The molecule has 8 heteroatoms. The van der Waals surface area contributed by atoms with Crippen LogP contribution in [0.3, 0.4) is 0 Å². The molecule has 0 saturated heterocycles. The smallest absolute Gasteiger partial charge is 0.276 e. The van der Waals surface area contributed by atoms with Crippen molar-refractivity contribution in [3.63, 3.8) is 0 Å². The number of nitrogens with zero attached hydrogens (tertiary/aromatic N) is 2. The summed E-state index contributed by atoms with van der Waals surface area (Å²) in [5, 5.41) is 12.3. The molecule has 0 atom stereocenters. The fourth-order valence-electron chi connectivity index (χ4n) is 4.16. The Kier molecular flexibility index (Phi) is 8.34. The van der Waals surface area contributed by atoms with Crippen LogP contribution in [0.1, 0.15) is 34.2 Å². The number of hydrogen-bond acceptors (Lipinski definition) is 4. The van der Waals surface area contributed by atoms with Gasteiger partial charge in [-0.2, -0.15) is 5.10 Å². The number of fused-ring (bicyclic) bond motifs is 1. The first-order valence-corrected chi connectivity index (χ1v) is 12.3. The van der Waals surface area contributed by atoms with E-state index in [-0.39, 0.29) is 18.3 Å². The molecule has 3 aromatic carbocycles. The number of carbonyl (C=O) groups is 1. The topological polar surface area (TPSA) is 72.1 Å². The Labute approximate surface area is 227 Å². The molecule has 0 aliphatic carbocycles. The van der Waals surface area contributed by atoms with Crippen LogP contribution < -0.4 is 10.6 Å². The molecule has 0 aliphatic rings. The number of amides is 1. The Bertz CT molecular complexity index is 1510. The maximum atomic E-state index is 12.9. The van der Waals surface area contributed by atoms with Gasteiger partial charge in [0.2, 0.25) is 0 Å².